The summed E-state index contributed by atoms with van der Waals surface area (Å²) in [6, 6.07) is 16.0. The summed E-state index contributed by atoms with van der Waals surface area (Å²) < 4.78 is 11.7. The van der Waals surface area contributed by atoms with Crippen LogP contribution < -0.4 is 25.6 Å². The first-order chi connectivity index (χ1) is 17.2. The molecule has 0 bridgehead atoms. The van der Waals surface area contributed by atoms with Gasteiger partial charge in [-0.15, -0.1) is 11.3 Å². The van der Waals surface area contributed by atoms with Crippen LogP contribution in [0.3, 0.4) is 0 Å². The molecule has 0 aliphatic rings. The lowest BCUT2D eigenvalue weighted by Crippen LogP contribution is -2.41. The van der Waals surface area contributed by atoms with E-state index in [9.17, 15) is 19.5 Å². The van der Waals surface area contributed by atoms with Gasteiger partial charge >= 0.3 is 0 Å². The molecular formula is C25H20ClN3O6S. The predicted molar refractivity (Wildman–Crippen MR) is 137 cm³/mol. The minimum Gasteiger partial charge on any atom is -0.508 e. The third-order valence-electron chi connectivity index (χ3n) is 4.92. The summed E-state index contributed by atoms with van der Waals surface area (Å²) >= 11 is 7.57. The number of amides is 3. The molecule has 0 aliphatic heterocycles. The van der Waals surface area contributed by atoms with Crippen molar-refractivity contribution in [1.29, 1.82) is 0 Å². The van der Waals surface area contributed by atoms with Crippen LogP contribution in [0.25, 0.3) is 10.1 Å². The number of rotatable bonds is 6. The zero-order chi connectivity index (χ0) is 25.8. The summed E-state index contributed by atoms with van der Waals surface area (Å²) in [5, 5.41) is 13.1. The number of halogens is 1. The normalized spacial score (nSPS) is 10.5. The van der Waals surface area contributed by atoms with E-state index in [1.54, 1.807) is 36.4 Å². The molecule has 36 heavy (non-hydrogen) atoms. The Balaban J connectivity index is 1.47. The van der Waals surface area contributed by atoms with Gasteiger partial charge in [-0.05, 0) is 42.5 Å². The average molecular weight is 526 g/mol. The molecule has 4 aromatic rings. The van der Waals surface area contributed by atoms with Crippen molar-refractivity contribution >= 4 is 56.4 Å². The Labute approximate surface area is 214 Å². The SMILES string of the molecule is COc1cc(NC(C)=O)ccc1C(=O)NNC(=O)c1sc2cc(Oc3cccc(O)c3)ccc2c1Cl. The fourth-order valence-corrected chi connectivity index (χ4v) is 4.78. The largest absolute Gasteiger partial charge is 0.508 e. The zero-order valence-electron chi connectivity index (χ0n) is 19.0. The maximum atomic E-state index is 12.8. The molecule has 0 spiro atoms. The summed E-state index contributed by atoms with van der Waals surface area (Å²) in [5.74, 6) is -0.228. The van der Waals surface area contributed by atoms with E-state index in [1.807, 2.05) is 0 Å². The van der Waals surface area contributed by atoms with Crippen molar-refractivity contribution in [3.8, 4) is 23.0 Å². The minimum absolute atomic E-state index is 0.0787. The number of hydrogen-bond acceptors (Lipinski definition) is 7. The zero-order valence-corrected chi connectivity index (χ0v) is 20.6. The van der Waals surface area contributed by atoms with Gasteiger partial charge < -0.3 is 19.9 Å². The Bertz CT molecular complexity index is 1490. The van der Waals surface area contributed by atoms with Crippen molar-refractivity contribution < 1.29 is 29.0 Å². The lowest BCUT2D eigenvalue weighted by Gasteiger charge is -2.12. The fraction of sp³-hybridized carbons (Fsp3) is 0.0800. The molecule has 184 valence electrons. The van der Waals surface area contributed by atoms with E-state index >= 15 is 0 Å². The van der Waals surface area contributed by atoms with Gasteiger partial charge in [0.2, 0.25) is 5.91 Å². The van der Waals surface area contributed by atoms with Gasteiger partial charge in [-0.2, -0.15) is 0 Å². The number of benzene rings is 3. The molecule has 1 heterocycles. The molecule has 3 aromatic carbocycles. The first-order valence-electron chi connectivity index (χ1n) is 10.5. The van der Waals surface area contributed by atoms with E-state index in [1.165, 1.54) is 38.3 Å². The highest BCUT2D eigenvalue weighted by Gasteiger charge is 2.20. The van der Waals surface area contributed by atoms with Crippen LogP contribution in [0, 0.1) is 0 Å². The molecule has 0 radical (unpaired) electrons. The van der Waals surface area contributed by atoms with Gasteiger partial charge in [-0.1, -0.05) is 17.7 Å². The lowest BCUT2D eigenvalue weighted by atomic mass is 10.1. The second kappa shape index (κ2) is 10.5. The number of methoxy groups -OCH3 is 1. The van der Waals surface area contributed by atoms with Crippen LogP contribution in [0.4, 0.5) is 5.69 Å². The van der Waals surface area contributed by atoms with Crippen molar-refractivity contribution in [3.63, 3.8) is 0 Å². The van der Waals surface area contributed by atoms with Gasteiger partial charge in [0.15, 0.2) is 0 Å². The topological polar surface area (TPSA) is 126 Å². The van der Waals surface area contributed by atoms with Crippen molar-refractivity contribution in [2.24, 2.45) is 0 Å². The molecule has 0 unspecified atom stereocenters. The van der Waals surface area contributed by atoms with Gasteiger partial charge in [0.25, 0.3) is 11.8 Å². The highest BCUT2D eigenvalue weighted by Crippen LogP contribution is 2.38. The summed E-state index contributed by atoms with van der Waals surface area (Å²) in [6.07, 6.45) is 0. The number of anilines is 1. The monoisotopic (exact) mass is 525 g/mol. The van der Waals surface area contributed by atoms with Crippen LogP contribution in [0.2, 0.25) is 5.02 Å². The number of ether oxygens (including phenoxy) is 2. The lowest BCUT2D eigenvalue weighted by molar-refractivity contribution is -0.114. The van der Waals surface area contributed by atoms with E-state index in [0.717, 1.165) is 11.3 Å². The Morgan fingerprint density at radius 3 is 2.42 bits per heavy atom. The Hall–Kier alpha value is -4.28. The number of thiophene rings is 1. The maximum absolute atomic E-state index is 12.8. The Morgan fingerprint density at radius 2 is 1.69 bits per heavy atom. The van der Waals surface area contributed by atoms with Crippen molar-refractivity contribution in [3.05, 3.63) is 76.1 Å². The van der Waals surface area contributed by atoms with Gasteiger partial charge in [-0.3, -0.25) is 25.2 Å². The van der Waals surface area contributed by atoms with Crippen molar-refractivity contribution in [1.82, 2.24) is 10.9 Å². The van der Waals surface area contributed by atoms with Gasteiger partial charge in [0, 0.05) is 34.8 Å². The standard InChI is InChI=1S/C25H20ClN3O6S/c1-13(30)27-14-6-8-18(20(10-14)34-2)24(32)28-29-25(33)23-22(26)19-9-7-17(12-21(19)36-23)35-16-5-3-4-15(31)11-16/h3-12,31H,1-2H3,(H,27,30)(H,28,32)(H,29,33). The third kappa shape index (κ3) is 5.51. The first kappa shape index (κ1) is 24.8. The number of phenols is 1. The molecule has 0 fully saturated rings. The number of aromatic hydroxyl groups is 1. The molecule has 0 saturated carbocycles. The summed E-state index contributed by atoms with van der Waals surface area (Å²) in [6.45, 7) is 1.37. The van der Waals surface area contributed by atoms with Gasteiger partial charge in [0.05, 0.1) is 17.7 Å². The van der Waals surface area contributed by atoms with Crippen LogP contribution in [-0.4, -0.2) is 29.9 Å². The smallest absolute Gasteiger partial charge is 0.281 e. The van der Waals surface area contributed by atoms with Crippen LogP contribution >= 0.6 is 22.9 Å². The summed E-state index contributed by atoms with van der Waals surface area (Å²) in [4.78, 5) is 36.9. The number of phenolic OH excluding ortho intramolecular Hbond substituents is 1. The number of nitrogens with one attached hydrogen (secondary N) is 3. The number of fused-ring (bicyclic) bond motifs is 1. The van der Waals surface area contributed by atoms with Crippen LogP contribution in [0.15, 0.2) is 60.7 Å². The summed E-state index contributed by atoms with van der Waals surface area (Å²) in [7, 11) is 1.39. The average Bonchev–Trinajstić information content (AvgIpc) is 3.17. The first-order valence-corrected chi connectivity index (χ1v) is 11.7. The van der Waals surface area contributed by atoms with E-state index in [2.05, 4.69) is 16.2 Å². The Morgan fingerprint density at radius 1 is 0.944 bits per heavy atom. The Kier molecular flexibility index (Phi) is 7.28. The highest BCUT2D eigenvalue weighted by atomic mass is 35.5. The molecule has 0 atom stereocenters. The molecule has 1 aromatic heterocycles. The quantitative estimate of drug-likeness (QED) is 0.260. The molecular weight excluding hydrogens is 506 g/mol. The summed E-state index contributed by atoms with van der Waals surface area (Å²) in [5.41, 5.74) is 5.33. The van der Waals surface area contributed by atoms with Crippen molar-refractivity contribution in [2.45, 2.75) is 6.92 Å². The molecule has 0 aliphatic carbocycles. The number of carbonyl (C=O) groups is 3. The number of hydrazine groups is 1. The van der Waals surface area contributed by atoms with Crippen LogP contribution in [-0.2, 0) is 4.79 Å². The maximum Gasteiger partial charge on any atom is 0.281 e. The number of hydrogen-bond donors (Lipinski definition) is 4. The van der Waals surface area contributed by atoms with E-state index < -0.39 is 11.8 Å². The molecule has 0 saturated heterocycles. The van der Waals surface area contributed by atoms with E-state index in [4.69, 9.17) is 21.1 Å². The van der Waals surface area contributed by atoms with Gasteiger partial charge in [0.1, 0.15) is 27.9 Å². The molecule has 11 heteroatoms. The fourth-order valence-electron chi connectivity index (χ4n) is 3.34. The second-order valence-corrected chi connectivity index (χ2v) is 8.94. The van der Waals surface area contributed by atoms with E-state index in [-0.39, 0.29) is 32.9 Å². The molecule has 3 amide bonds. The van der Waals surface area contributed by atoms with Gasteiger partial charge in [-0.25, -0.2) is 0 Å². The van der Waals surface area contributed by atoms with Crippen molar-refractivity contribution in [2.75, 3.05) is 12.4 Å². The second-order valence-electron chi connectivity index (χ2n) is 7.51. The molecule has 4 rings (SSSR count). The van der Waals surface area contributed by atoms with Crippen LogP contribution in [0.5, 0.6) is 23.0 Å². The molecule has 4 N–H and O–H groups in total. The number of carbonyl (C=O) groups excluding carboxylic acids is 3. The third-order valence-corrected chi connectivity index (χ3v) is 6.57. The van der Waals surface area contributed by atoms with E-state index in [0.29, 0.717) is 27.3 Å². The van der Waals surface area contributed by atoms with Crippen LogP contribution in [0.1, 0.15) is 27.0 Å². The molecule has 9 nitrogen and oxygen atoms in total. The predicted octanol–water partition coefficient (Wildman–Crippen LogP) is 5.09. The highest BCUT2D eigenvalue weighted by molar-refractivity contribution is 7.21. The minimum atomic E-state index is -0.617.